The van der Waals surface area contributed by atoms with Gasteiger partial charge in [-0.2, -0.15) is 0 Å². The summed E-state index contributed by atoms with van der Waals surface area (Å²) in [5.74, 6) is -3.15. The van der Waals surface area contributed by atoms with Gasteiger partial charge >= 0.3 is 6.03 Å². The molecule has 3 aliphatic rings. The zero-order valence-electron chi connectivity index (χ0n) is 26.8. The molecule has 11 nitrogen and oxygen atoms in total. The smallest absolute Gasteiger partial charge is 0.316 e. The molecule has 44 heavy (non-hydrogen) atoms. The van der Waals surface area contributed by atoms with Crippen molar-refractivity contribution in [3.63, 3.8) is 0 Å². The third-order valence-electron chi connectivity index (χ3n) is 9.58. The fourth-order valence-electron chi connectivity index (χ4n) is 6.61. The Labute approximate surface area is 259 Å². The highest BCUT2D eigenvalue weighted by molar-refractivity contribution is 6.37. The summed E-state index contributed by atoms with van der Waals surface area (Å²) in [7, 11) is 0. The van der Waals surface area contributed by atoms with Crippen LogP contribution >= 0.6 is 0 Å². The van der Waals surface area contributed by atoms with E-state index >= 15 is 0 Å². The van der Waals surface area contributed by atoms with E-state index in [9.17, 15) is 28.8 Å². The summed E-state index contributed by atoms with van der Waals surface area (Å²) in [6.45, 7) is 13.5. The Morgan fingerprint density at radius 1 is 0.977 bits per heavy atom. The van der Waals surface area contributed by atoms with Crippen LogP contribution in [0.4, 0.5) is 4.79 Å². The fraction of sp³-hybridized carbons (Fsp3) is 0.636. The monoisotopic (exact) mass is 609 g/mol. The van der Waals surface area contributed by atoms with Crippen molar-refractivity contribution >= 4 is 35.3 Å². The normalized spacial score (nSPS) is 24.0. The third-order valence-corrected chi connectivity index (χ3v) is 9.58. The molecule has 1 unspecified atom stereocenters. The first-order valence-electron chi connectivity index (χ1n) is 15.6. The number of nitrogens with one attached hydrogen (secondary N) is 3. The van der Waals surface area contributed by atoms with Gasteiger partial charge in [-0.3, -0.25) is 24.0 Å². The third kappa shape index (κ3) is 6.97. The van der Waals surface area contributed by atoms with Gasteiger partial charge in [0.1, 0.15) is 12.1 Å². The van der Waals surface area contributed by atoms with E-state index in [1.54, 1.807) is 30.3 Å². The van der Waals surface area contributed by atoms with Crippen molar-refractivity contribution in [1.82, 2.24) is 20.9 Å². The predicted octanol–water partition coefficient (Wildman–Crippen LogP) is 2.43. The maximum absolute atomic E-state index is 14.2. The summed E-state index contributed by atoms with van der Waals surface area (Å²) < 4.78 is 0. The first-order chi connectivity index (χ1) is 20.4. The van der Waals surface area contributed by atoms with Crippen LogP contribution < -0.4 is 21.7 Å². The lowest BCUT2D eigenvalue weighted by Gasteiger charge is -2.38. The zero-order valence-corrected chi connectivity index (χ0v) is 26.8. The van der Waals surface area contributed by atoms with Gasteiger partial charge in [-0.05, 0) is 40.9 Å². The minimum atomic E-state index is -1.10. The maximum Gasteiger partial charge on any atom is 0.316 e. The van der Waals surface area contributed by atoms with Crippen molar-refractivity contribution < 1.29 is 28.8 Å². The van der Waals surface area contributed by atoms with Crippen LogP contribution in [0.1, 0.15) is 78.1 Å². The number of ketones is 2. The molecule has 1 aliphatic heterocycles. The van der Waals surface area contributed by atoms with Crippen molar-refractivity contribution in [2.75, 3.05) is 6.54 Å². The Morgan fingerprint density at radius 2 is 1.59 bits per heavy atom. The summed E-state index contributed by atoms with van der Waals surface area (Å²) in [6.07, 6.45) is 2.16. The van der Waals surface area contributed by atoms with E-state index < -0.39 is 59.1 Å². The molecule has 1 aromatic rings. The lowest BCUT2D eigenvalue weighted by molar-refractivity contribution is -0.145. The molecule has 1 heterocycles. The van der Waals surface area contributed by atoms with Gasteiger partial charge in [0, 0.05) is 12.1 Å². The van der Waals surface area contributed by atoms with Crippen LogP contribution in [0.2, 0.25) is 0 Å². The molecule has 5 N–H and O–H groups in total. The molecule has 2 saturated carbocycles. The highest BCUT2D eigenvalue weighted by atomic mass is 16.2. The molecule has 1 saturated heterocycles. The van der Waals surface area contributed by atoms with Gasteiger partial charge in [-0.25, -0.2) is 4.79 Å². The van der Waals surface area contributed by atoms with E-state index in [1.807, 2.05) is 48.5 Å². The minimum Gasteiger partial charge on any atom is -0.363 e. The number of hydrogen-bond acceptors (Lipinski definition) is 6. The Balaban J connectivity index is 1.53. The number of likely N-dealkylation sites (tertiary alicyclic amines) is 1. The van der Waals surface area contributed by atoms with Gasteiger partial charge in [0.15, 0.2) is 5.78 Å². The van der Waals surface area contributed by atoms with Crippen LogP contribution in [-0.2, 0) is 19.2 Å². The van der Waals surface area contributed by atoms with E-state index in [1.165, 1.54) is 4.90 Å². The number of urea groups is 1. The Bertz CT molecular complexity index is 1320. The number of nitrogens with two attached hydrogens (primary N) is 1. The molecule has 1 aromatic carbocycles. The van der Waals surface area contributed by atoms with Crippen LogP contribution in [0.3, 0.4) is 0 Å². The standard InChI is InChI=1S/C33H47N5O6/c1-17(2)23(25(39)19-11-9-8-10-12-19)36-31(44)37-27(32(3,4)5)30(43)38-16-20-22(33(20,6)7)24(38)29(42)35-21(15-18-13-14-18)26(40)28(34)41/h8-12,17-18,20-24,27H,13-16H2,1-7H3,(H2,34,41)(H,35,42)(H2,36,37,44)/t20-,21?,22-,23-,24-,27+/m0/s1. The van der Waals surface area contributed by atoms with Crippen molar-refractivity contribution in [3.8, 4) is 0 Å². The molecule has 11 heteroatoms. The predicted molar refractivity (Wildman–Crippen MR) is 164 cm³/mol. The molecule has 0 bridgehead atoms. The summed E-state index contributed by atoms with van der Waals surface area (Å²) in [5.41, 5.74) is 4.82. The molecule has 2 aliphatic carbocycles. The topological polar surface area (TPSA) is 168 Å². The average Bonchev–Trinajstić information content (AvgIpc) is 3.80. The van der Waals surface area contributed by atoms with Gasteiger partial charge in [0.2, 0.25) is 17.6 Å². The average molecular weight is 610 g/mol. The van der Waals surface area contributed by atoms with Gasteiger partial charge in [-0.15, -0.1) is 0 Å². The van der Waals surface area contributed by atoms with Crippen LogP contribution in [0.25, 0.3) is 0 Å². The van der Waals surface area contributed by atoms with Crippen molar-refractivity contribution in [1.29, 1.82) is 0 Å². The number of benzene rings is 1. The summed E-state index contributed by atoms with van der Waals surface area (Å²) in [6, 6.07) is 4.28. The van der Waals surface area contributed by atoms with Crippen LogP contribution in [0, 0.1) is 34.5 Å². The molecule has 0 aromatic heterocycles. The van der Waals surface area contributed by atoms with E-state index in [0.717, 1.165) is 12.8 Å². The van der Waals surface area contributed by atoms with Crippen molar-refractivity contribution in [2.24, 2.45) is 40.2 Å². The number of fused-ring (bicyclic) bond motifs is 1. The lowest BCUT2D eigenvalue weighted by Crippen LogP contribution is -2.62. The van der Waals surface area contributed by atoms with Gasteiger partial charge in [0.05, 0.1) is 12.1 Å². The van der Waals surface area contributed by atoms with E-state index in [-0.39, 0.29) is 34.9 Å². The molecule has 4 rings (SSSR count). The summed E-state index contributed by atoms with van der Waals surface area (Å²) in [5, 5.41) is 8.33. The number of Topliss-reactive ketones (excluding diaryl/α,β-unsaturated/α-hetero) is 2. The van der Waals surface area contributed by atoms with E-state index in [0.29, 0.717) is 18.5 Å². The molecule has 6 atom stereocenters. The van der Waals surface area contributed by atoms with Crippen LogP contribution in [0.15, 0.2) is 30.3 Å². The van der Waals surface area contributed by atoms with Crippen LogP contribution in [0.5, 0.6) is 0 Å². The molecule has 3 fully saturated rings. The number of carbonyl (C=O) groups is 6. The Kier molecular flexibility index (Phi) is 9.28. The number of rotatable bonds is 12. The first-order valence-corrected chi connectivity index (χ1v) is 15.6. The SMILES string of the molecule is CC(C)[C@H](NC(=O)N[C@H](C(=O)N1C[C@H]2[C@@H]([C@H]1C(=O)NC(CC1CC1)C(=O)C(N)=O)C2(C)C)C(C)(C)C)C(=O)c1ccccc1. The van der Waals surface area contributed by atoms with Gasteiger partial charge in [0.25, 0.3) is 5.91 Å². The first kappa shape index (κ1) is 33.1. The number of primary amides is 1. The van der Waals surface area contributed by atoms with Gasteiger partial charge < -0.3 is 26.6 Å². The maximum atomic E-state index is 14.2. The molecular weight excluding hydrogens is 562 g/mol. The zero-order chi connectivity index (χ0) is 32.7. The number of carbonyl (C=O) groups excluding carboxylic acids is 6. The number of nitrogens with zero attached hydrogens (tertiary/aromatic N) is 1. The second-order valence-corrected chi connectivity index (χ2v) is 14.7. The lowest BCUT2D eigenvalue weighted by atomic mass is 9.85. The molecular formula is C33H47N5O6. The summed E-state index contributed by atoms with van der Waals surface area (Å²) >= 11 is 0. The molecule has 240 valence electrons. The minimum absolute atomic E-state index is 0.0687. The highest BCUT2D eigenvalue weighted by Gasteiger charge is 2.70. The highest BCUT2D eigenvalue weighted by Crippen LogP contribution is 2.65. The quantitative estimate of drug-likeness (QED) is 0.210. The van der Waals surface area contributed by atoms with Gasteiger partial charge in [-0.1, -0.05) is 91.6 Å². The van der Waals surface area contributed by atoms with Crippen molar-refractivity contribution in [2.45, 2.75) is 91.9 Å². The summed E-state index contributed by atoms with van der Waals surface area (Å²) in [4.78, 5) is 80.4. The number of piperidine rings is 1. The fourth-order valence-corrected chi connectivity index (χ4v) is 6.61. The largest absolute Gasteiger partial charge is 0.363 e. The second kappa shape index (κ2) is 12.3. The number of amides is 5. The van der Waals surface area contributed by atoms with E-state index in [4.69, 9.17) is 5.73 Å². The molecule has 5 amide bonds. The molecule has 0 spiro atoms. The Morgan fingerprint density at radius 3 is 2.11 bits per heavy atom. The van der Waals surface area contributed by atoms with Crippen LogP contribution in [-0.4, -0.2) is 70.9 Å². The Hall–Kier alpha value is -3.76. The van der Waals surface area contributed by atoms with Crippen molar-refractivity contribution in [3.05, 3.63) is 35.9 Å². The molecule has 0 radical (unpaired) electrons. The number of hydrogen-bond donors (Lipinski definition) is 4. The van der Waals surface area contributed by atoms with E-state index in [2.05, 4.69) is 16.0 Å². The second-order valence-electron chi connectivity index (χ2n) is 14.7.